The van der Waals surface area contributed by atoms with Gasteiger partial charge in [-0.3, -0.25) is 19.5 Å². The summed E-state index contributed by atoms with van der Waals surface area (Å²) in [6.07, 6.45) is 14.1. The van der Waals surface area contributed by atoms with Crippen molar-refractivity contribution in [2.24, 2.45) is 59.2 Å². The molecule has 15 heteroatoms. The lowest BCUT2D eigenvalue weighted by molar-refractivity contribution is -0.140. The number of Topliss-reactive ketones (excluding diaryl/α,β-unsaturated/α-hetero) is 1. The number of hydrogen-bond acceptors (Lipinski definition) is 9. The number of halogens is 6. The van der Waals surface area contributed by atoms with E-state index in [9.17, 15) is 31.1 Å². The number of β-amino-alcohol motifs (C(OH)–C–C–N with tert-alkyl or cyclic N) is 1. The lowest BCUT2D eigenvalue weighted by atomic mass is 9.94. The monoisotopic (exact) mass is 1280 g/mol. The summed E-state index contributed by atoms with van der Waals surface area (Å²) in [5.41, 5.74) is -0.706. The third kappa shape index (κ3) is 37.7. The summed E-state index contributed by atoms with van der Waals surface area (Å²) >= 11 is 0. The maximum atomic E-state index is 12.8. The smallest absolute Gasteiger partial charge is 0.395 e. The molecule has 1 aromatic carbocycles. The van der Waals surface area contributed by atoms with E-state index in [-0.39, 0.29) is 30.8 Å². The highest BCUT2D eigenvalue weighted by molar-refractivity contribution is 5.80. The standard InChI is InChI=1S/C10H10F4.C10H22N2.C9H20N2O.C8H14F2.C8H16O.C8H14O.C8H16.C7H15NO.C6H12/c1-6(2)7-3-4-9(11)8(5-7)10(12,13)14;1-9(2)12-7-5-10(6-8-12)11(3)4;1-9(2)11-5-3-10(4-6-11)7-8-12;1-6(2)7-3-4-8(9,10)5-7;2*1-6(2)7-3-4-8(9)5-7;1-7(2)8-5-3-4-6-8;1-7(2)8-3-5-9-6-4-8;1-5(2)6-3-4-6/h3-6H,1-2H3;9-10H,5-8H2,1-4H3;9,12H,3-8H2,1-2H3;6-7H,3-5H2,1-2H3;6-9H,3-5H2,1-2H3;6-7H,3-5H2,1-2H3;7-8H,3-6H2,1-2H3;7H,3-6H2,1-2H3;5-6H,3-4H2,1-2H3. The van der Waals surface area contributed by atoms with E-state index >= 15 is 0 Å². The van der Waals surface area contributed by atoms with Gasteiger partial charge in [0.05, 0.1) is 31.5 Å². The summed E-state index contributed by atoms with van der Waals surface area (Å²) in [5, 5.41) is 17.9. The number of carbonyl (C=O) groups excluding carboxylic acids is 1. The van der Waals surface area contributed by atoms with Crippen LogP contribution in [0.25, 0.3) is 0 Å². The number of aliphatic hydroxyl groups is 2. The van der Waals surface area contributed by atoms with Crippen LogP contribution in [0.4, 0.5) is 26.3 Å². The maximum Gasteiger partial charge on any atom is 0.419 e. The minimum absolute atomic E-state index is 0.0115. The lowest BCUT2D eigenvalue weighted by Crippen LogP contribution is -2.49. The molecule has 0 amide bonds. The van der Waals surface area contributed by atoms with Crippen molar-refractivity contribution in [3.8, 4) is 0 Å². The minimum Gasteiger partial charge on any atom is -0.395 e. The first-order chi connectivity index (χ1) is 41.5. The van der Waals surface area contributed by atoms with E-state index in [1.807, 2.05) is 13.8 Å². The molecule has 0 radical (unpaired) electrons. The number of carbonyl (C=O) groups is 1. The predicted octanol–water partition coefficient (Wildman–Crippen LogP) is 17.9. The SMILES string of the molecule is CC(C)C1CC1.CC(C)C1CCC(=O)C1.CC(C)C1CCC(F)(F)C1.CC(C)C1CCC(O)C1.CC(C)C1CCCC1.CC(C)N1CCC(N(C)C)CC1.CC(C)N1CCN(CCO)CC1.CC(C)N1CCOCC1.CC(C)c1ccc(F)c(C(F)(F)F)c1. The predicted molar refractivity (Wildman–Crippen MR) is 364 cm³/mol. The van der Waals surface area contributed by atoms with Crippen LogP contribution in [0.1, 0.15) is 251 Å². The van der Waals surface area contributed by atoms with Crippen molar-refractivity contribution in [2.75, 3.05) is 92.8 Å². The molecular formula is C74H139F6N5O4. The molecule has 3 saturated heterocycles. The average molecular weight is 1280 g/mol. The second kappa shape index (κ2) is 44.7. The van der Waals surface area contributed by atoms with Gasteiger partial charge in [-0.15, -0.1) is 0 Å². The Labute approximate surface area is 543 Å². The summed E-state index contributed by atoms with van der Waals surface area (Å²) in [6.45, 7) is 51.5. The molecule has 4 unspecified atom stereocenters. The van der Waals surface area contributed by atoms with Crippen LogP contribution in [0, 0.1) is 65.0 Å². The van der Waals surface area contributed by atoms with Crippen LogP contribution in [0.15, 0.2) is 18.2 Å². The number of hydrogen-bond donors (Lipinski definition) is 2. The number of alkyl halides is 5. The summed E-state index contributed by atoms with van der Waals surface area (Å²) in [7, 11) is 4.38. The Bertz CT molecular complexity index is 1890. The normalized spacial score (nSPS) is 23.8. The number of ether oxygens (including phenoxy) is 1. The second-order valence-corrected chi connectivity index (χ2v) is 30.4. The highest BCUT2D eigenvalue weighted by Gasteiger charge is 2.40. The van der Waals surface area contributed by atoms with Crippen LogP contribution in [0.3, 0.4) is 0 Å². The molecule has 5 saturated carbocycles. The number of nitrogens with zero attached hydrogens (tertiary/aromatic N) is 5. The summed E-state index contributed by atoms with van der Waals surface area (Å²) < 4.78 is 79.9. The van der Waals surface area contributed by atoms with Crippen molar-refractivity contribution in [3.05, 3.63) is 35.1 Å². The van der Waals surface area contributed by atoms with Crippen LogP contribution in [0.5, 0.6) is 0 Å². The Kier molecular flexibility index (Phi) is 42.8. The van der Waals surface area contributed by atoms with E-state index in [1.54, 1.807) is 13.8 Å². The number of likely N-dealkylation sites (tertiary alicyclic amines) is 1. The topological polar surface area (TPSA) is 83.0 Å². The quantitative estimate of drug-likeness (QED) is 0.199. The molecule has 9 rings (SSSR count). The Balaban J connectivity index is 0.000000504. The van der Waals surface area contributed by atoms with Gasteiger partial charge in [-0.05, 0) is 209 Å². The average Bonchev–Trinajstić information content (AvgIpc) is 4.01. The molecule has 0 bridgehead atoms. The fourth-order valence-electron chi connectivity index (χ4n) is 12.7. The zero-order valence-electron chi connectivity index (χ0n) is 60.7. The molecule has 3 aliphatic heterocycles. The van der Waals surface area contributed by atoms with Gasteiger partial charge >= 0.3 is 6.18 Å². The maximum absolute atomic E-state index is 12.8. The Morgan fingerprint density at radius 1 is 0.584 bits per heavy atom. The highest BCUT2D eigenvalue weighted by atomic mass is 19.4. The first-order valence-corrected chi connectivity index (χ1v) is 35.7. The summed E-state index contributed by atoms with van der Waals surface area (Å²) in [5.74, 6) is 4.56. The number of benzene rings is 1. The van der Waals surface area contributed by atoms with Crippen molar-refractivity contribution in [2.45, 2.75) is 282 Å². The van der Waals surface area contributed by atoms with Crippen LogP contribution in [0.2, 0.25) is 0 Å². The largest absolute Gasteiger partial charge is 0.419 e. The minimum atomic E-state index is -4.62. The van der Waals surface area contributed by atoms with Crippen LogP contribution in [-0.4, -0.2) is 170 Å². The van der Waals surface area contributed by atoms with Gasteiger partial charge in [0.2, 0.25) is 5.92 Å². The molecule has 9 nitrogen and oxygen atoms in total. The molecule has 5 aliphatic carbocycles. The Morgan fingerprint density at radius 3 is 1.34 bits per heavy atom. The summed E-state index contributed by atoms with van der Waals surface area (Å²) in [4.78, 5) is 22.9. The number of morpholine rings is 1. The number of piperazine rings is 1. The fourth-order valence-corrected chi connectivity index (χ4v) is 12.7. The van der Waals surface area contributed by atoms with Crippen LogP contribution < -0.4 is 0 Å². The highest BCUT2D eigenvalue weighted by Crippen LogP contribution is 2.42. The van der Waals surface area contributed by atoms with E-state index in [0.29, 0.717) is 54.2 Å². The number of rotatable bonds is 12. The zero-order chi connectivity index (χ0) is 67.8. The van der Waals surface area contributed by atoms with Crippen molar-refractivity contribution in [3.63, 3.8) is 0 Å². The third-order valence-electron chi connectivity index (χ3n) is 20.2. The van der Waals surface area contributed by atoms with E-state index in [1.165, 1.54) is 76.9 Å². The van der Waals surface area contributed by atoms with Crippen molar-refractivity contribution >= 4 is 5.78 Å². The first-order valence-electron chi connectivity index (χ1n) is 35.7. The fraction of sp³-hybridized carbons (Fsp3) is 0.905. The Morgan fingerprint density at radius 2 is 1.04 bits per heavy atom. The van der Waals surface area contributed by atoms with Crippen molar-refractivity contribution in [1.82, 2.24) is 24.5 Å². The molecule has 0 spiro atoms. The van der Waals surface area contributed by atoms with Gasteiger partial charge in [-0.25, -0.2) is 13.2 Å². The molecule has 4 atom stereocenters. The van der Waals surface area contributed by atoms with E-state index in [0.717, 1.165) is 151 Å². The molecule has 8 aliphatic rings. The van der Waals surface area contributed by atoms with Crippen LogP contribution >= 0.6 is 0 Å². The van der Waals surface area contributed by atoms with E-state index in [4.69, 9.17) is 14.9 Å². The molecule has 1 aromatic rings. The van der Waals surface area contributed by atoms with Crippen LogP contribution in [-0.2, 0) is 15.7 Å². The Hall–Kier alpha value is -1.85. The van der Waals surface area contributed by atoms with Gasteiger partial charge in [0, 0.05) is 95.7 Å². The lowest BCUT2D eigenvalue weighted by Gasteiger charge is -2.37. The van der Waals surface area contributed by atoms with Gasteiger partial charge in [-0.1, -0.05) is 115 Å². The first kappa shape index (κ1) is 85.2. The molecule has 8 fully saturated rings. The molecule has 89 heavy (non-hydrogen) atoms. The van der Waals surface area contributed by atoms with E-state index < -0.39 is 23.5 Å². The molecule has 0 aromatic heterocycles. The number of ketones is 1. The second-order valence-electron chi connectivity index (χ2n) is 30.4. The van der Waals surface area contributed by atoms with Gasteiger partial charge in [0.25, 0.3) is 0 Å². The third-order valence-corrected chi connectivity index (χ3v) is 20.2. The molecule has 2 N–H and O–H groups in total. The van der Waals surface area contributed by atoms with Crippen molar-refractivity contribution in [1.29, 1.82) is 0 Å². The molecule has 526 valence electrons. The van der Waals surface area contributed by atoms with Gasteiger partial charge in [0.1, 0.15) is 11.6 Å². The van der Waals surface area contributed by atoms with Gasteiger partial charge in [-0.2, -0.15) is 13.2 Å². The van der Waals surface area contributed by atoms with Gasteiger partial charge < -0.3 is 24.7 Å². The van der Waals surface area contributed by atoms with Gasteiger partial charge in [0.15, 0.2) is 0 Å². The van der Waals surface area contributed by atoms with Crippen molar-refractivity contribution < 1.29 is 46.1 Å². The summed E-state index contributed by atoms with van der Waals surface area (Å²) in [6, 6.07) is 6.00. The molecule has 3 heterocycles. The zero-order valence-corrected chi connectivity index (χ0v) is 60.7. The number of aliphatic hydroxyl groups excluding tert-OH is 2. The molecular weight excluding hydrogens is 1140 g/mol. The van der Waals surface area contributed by atoms with E-state index in [2.05, 4.69) is 136 Å². The number of piperidine rings is 1.